The SMILES string of the molecule is C[C@@H](C(=O)N1CCC[C@H](n2ccnc2)C1)n1cccn1. The lowest BCUT2D eigenvalue weighted by Crippen LogP contribution is -2.43. The molecule has 0 saturated carbocycles. The number of rotatable bonds is 3. The topological polar surface area (TPSA) is 56.0 Å². The van der Waals surface area contributed by atoms with Gasteiger partial charge >= 0.3 is 0 Å². The first-order valence-corrected chi connectivity index (χ1v) is 7.01. The standard InChI is InChI=1S/C14H19N5O/c1-12(19-8-3-5-16-19)14(20)17-7-2-4-13(10-17)18-9-6-15-11-18/h3,5-6,8-9,11-13H,2,4,7,10H2,1H3/t12-,13-/m0/s1. The number of hydrogen-bond acceptors (Lipinski definition) is 3. The van der Waals surface area contributed by atoms with Gasteiger partial charge in [-0.15, -0.1) is 0 Å². The Kier molecular flexibility index (Phi) is 3.54. The molecule has 0 unspecified atom stereocenters. The van der Waals surface area contributed by atoms with Gasteiger partial charge in [0, 0.05) is 37.9 Å². The highest BCUT2D eigenvalue weighted by Gasteiger charge is 2.28. The second-order valence-corrected chi connectivity index (χ2v) is 5.25. The van der Waals surface area contributed by atoms with Crippen LogP contribution in [0.4, 0.5) is 0 Å². The van der Waals surface area contributed by atoms with E-state index in [1.54, 1.807) is 17.1 Å². The van der Waals surface area contributed by atoms with Gasteiger partial charge in [0.25, 0.3) is 0 Å². The van der Waals surface area contributed by atoms with Crippen molar-refractivity contribution in [3.8, 4) is 0 Å². The molecule has 1 aliphatic rings. The summed E-state index contributed by atoms with van der Waals surface area (Å²) in [5.74, 6) is 0.138. The third-order valence-corrected chi connectivity index (χ3v) is 3.93. The van der Waals surface area contributed by atoms with E-state index in [1.165, 1.54) is 0 Å². The molecule has 20 heavy (non-hydrogen) atoms. The number of carbonyl (C=O) groups excluding carboxylic acids is 1. The molecule has 106 valence electrons. The highest BCUT2D eigenvalue weighted by Crippen LogP contribution is 2.23. The van der Waals surface area contributed by atoms with Gasteiger partial charge in [0.05, 0.1) is 12.4 Å². The average Bonchev–Trinajstić information content (AvgIpc) is 3.18. The number of piperidine rings is 1. The molecule has 2 aromatic rings. The van der Waals surface area contributed by atoms with Crippen molar-refractivity contribution >= 4 is 5.91 Å². The van der Waals surface area contributed by atoms with Crippen LogP contribution in [0.3, 0.4) is 0 Å². The van der Waals surface area contributed by atoms with Crippen LogP contribution in [0.1, 0.15) is 31.8 Å². The van der Waals surface area contributed by atoms with E-state index in [1.807, 2.05) is 36.6 Å². The lowest BCUT2D eigenvalue weighted by atomic mass is 10.0. The van der Waals surface area contributed by atoms with Crippen LogP contribution in [0.15, 0.2) is 37.2 Å². The largest absolute Gasteiger partial charge is 0.339 e. The Morgan fingerprint density at radius 2 is 2.25 bits per heavy atom. The van der Waals surface area contributed by atoms with Gasteiger partial charge in [-0.3, -0.25) is 9.48 Å². The second-order valence-electron chi connectivity index (χ2n) is 5.25. The smallest absolute Gasteiger partial charge is 0.247 e. The van der Waals surface area contributed by atoms with Crippen molar-refractivity contribution in [2.24, 2.45) is 0 Å². The number of hydrogen-bond donors (Lipinski definition) is 0. The minimum atomic E-state index is -0.244. The monoisotopic (exact) mass is 273 g/mol. The maximum Gasteiger partial charge on any atom is 0.247 e. The average molecular weight is 273 g/mol. The van der Waals surface area contributed by atoms with E-state index in [-0.39, 0.29) is 11.9 Å². The molecule has 0 aliphatic carbocycles. The minimum absolute atomic E-state index is 0.138. The summed E-state index contributed by atoms with van der Waals surface area (Å²) in [6.07, 6.45) is 11.2. The number of likely N-dealkylation sites (tertiary alicyclic amines) is 1. The fraction of sp³-hybridized carbons (Fsp3) is 0.500. The summed E-state index contributed by atoms with van der Waals surface area (Å²) in [5, 5.41) is 4.15. The summed E-state index contributed by atoms with van der Waals surface area (Å²) in [4.78, 5) is 18.6. The van der Waals surface area contributed by atoms with E-state index in [0.29, 0.717) is 6.04 Å². The second kappa shape index (κ2) is 5.48. The van der Waals surface area contributed by atoms with Gasteiger partial charge in [0.1, 0.15) is 6.04 Å². The molecule has 1 saturated heterocycles. The van der Waals surface area contributed by atoms with Crippen molar-refractivity contribution in [3.63, 3.8) is 0 Å². The van der Waals surface area contributed by atoms with Crippen LogP contribution in [0.25, 0.3) is 0 Å². The summed E-state index contributed by atoms with van der Waals surface area (Å²) >= 11 is 0. The van der Waals surface area contributed by atoms with Crippen molar-refractivity contribution in [1.82, 2.24) is 24.2 Å². The van der Waals surface area contributed by atoms with Gasteiger partial charge in [0.15, 0.2) is 0 Å². The fourth-order valence-electron chi connectivity index (χ4n) is 2.77. The molecule has 3 rings (SSSR count). The van der Waals surface area contributed by atoms with Crippen LogP contribution in [-0.4, -0.2) is 43.2 Å². The molecule has 2 aromatic heterocycles. The molecule has 3 heterocycles. The molecular weight excluding hydrogens is 254 g/mol. The van der Waals surface area contributed by atoms with Gasteiger partial charge in [0.2, 0.25) is 5.91 Å². The Morgan fingerprint density at radius 3 is 2.95 bits per heavy atom. The van der Waals surface area contributed by atoms with Crippen LogP contribution in [0.2, 0.25) is 0 Å². The van der Waals surface area contributed by atoms with Crippen LogP contribution in [0, 0.1) is 0 Å². The normalized spacial score (nSPS) is 20.9. The predicted octanol–water partition coefficient (Wildman–Crippen LogP) is 1.50. The Morgan fingerprint density at radius 1 is 1.35 bits per heavy atom. The zero-order chi connectivity index (χ0) is 13.9. The zero-order valence-corrected chi connectivity index (χ0v) is 11.6. The van der Waals surface area contributed by atoms with Crippen molar-refractivity contribution in [3.05, 3.63) is 37.2 Å². The first-order valence-electron chi connectivity index (χ1n) is 7.01. The van der Waals surface area contributed by atoms with Crippen LogP contribution in [0.5, 0.6) is 0 Å². The van der Waals surface area contributed by atoms with E-state index in [0.717, 1.165) is 25.9 Å². The van der Waals surface area contributed by atoms with Crippen molar-refractivity contribution in [2.45, 2.75) is 31.8 Å². The van der Waals surface area contributed by atoms with Crippen molar-refractivity contribution < 1.29 is 4.79 Å². The van der Waals surface area contributed by atoms with Crippen molar-refractivity contribution in [1.29, 1.82) is 0 Å². The van der Waals surface area contributed by atoms with E-state index >= 15 is 0 Å². The highest BCUT2D eigenvalue weighted by molar-refractivity contribution is 5.80. The van der Waals surface area contributed by atoms with E-state index < -0.39 is 0 Å². The molecule has 0 spiro atoms. The van der Waals surface area contributed by atoms with Crippen LogP contribution >= 0.6 is 0 Å². The molecule has 1 amide bonds. The van der Waals surface area contributed by atoms with Gasteiger partial charge in [-0.25, -0.2) is 4.98 Å². The summed E-state index contributed by atoms with van der Waals surface area (Å²) in [5.41, 5.74) is 0. The molecule has 0 bridgehead atoms. The van der Waals surface area contributed by atoms with Crippen LogP contribution < -0.4 is 0 Å². The summed E-state index contributed by atoms with van der Waals surface area (Å²) in [6.45, 7) is 3.48. The first kappa shape index (κ1) is 12.9. The molecule has 0 aromatic carbocycles. The van der Waals surface area contributed by atoms with Gasteiger partial charge in [-0.05, 0) is 25.8 Å². The maximum absolute atomic E-state index is 12.6. The lowest BCUT2D eigenvalue weighted by Gasteiger charge is -2.34. The number of carbonyl (C=O) groups is 1. The highest BCUT2D eigenvalue weighted by atomic mass is 16.2. The fourth-order valence-corrected chi connectivity index (χ4v) is 2.77. The first-order chi connectivity index (χ1) is 9.75. The third kappa shape index (κ3) is 2.45. The van der Waals surface area contributed by atoms with Crippen molar-refractivity contribution in [2.75, 3.05) is 13.1 Å². The number of aromatic nitrogens is 4. The van der Waals surface area contributed by atoms with E-state index in [4.69, 9.17) is 0 Å². The number of amides is 1. The Balaban J connectivity index is 1.69. The molecule has 0 radical (unpaired) electrons. The Hall–Kier alpha value is -2.11. The maximum atomic E-state index is 12.6. The predicted molar refractivity (Wildman–Crippen MR) is 74.0 cm³/mol. The molecule has 6 nitrogen and oxygen atoms in total. The van der Waals surface area contributed by atoms with Crippen LogP contribution in [-0.2, 0) is 4.79 Å². The summed E-state index contributed by atoms with van der Waals surface area (Å²) in [6, 6.07) is 1.93. The molecule has 1 fully saturated rings. The molecular formula is C14H19N5O. The van der Waals surface area contributed by atoms with E-state index in [2.05, 4.69) is 14.6 Å². The third-order valence-electron chi connectivity index (χ3n) is 3.93. The lowest BCUT2D eigenvalue weighted by molar-refractivity contribution is -0.136. The summed E-state index contributed by atoms with van der Waals surface area (Å²) < 4.78 is 3.81. The Labute approximate surface area is 118 Å². The number of imidazole rings is 1. The Bertz CT molecular complexity index is 548. The van der Waals surface area contributed by atoms with E-state index in [9.17, 15) is 4.79 Å². The quantitative estimate of drug-likeness (QED) is 0.851. The van der Waals surface area contributed by atoms with Gasteiger partial charge in [-0.1, -0.05) is 0 Å². The van der Waals surface area contributed by atoms with Gasteiger partial charge in [-0.2, -0.15) is 5.10 Å². The molecule has 2 atom stereocenters. The minimum Gasteiger partial charge on any atom is -0.339 e. The molecule has 6 heteroatoms. The zero-order valence-electron chi connectivity index (χ0n) is 11.6. The summed E-state index contributed by atoms with van der Waals surface area (Å²) in [7, 11) is 0. The molecule has 0 N–H and O–H groups in total. The van der Waals surface area contributed by atoms with Gasteiger partial charge < -0.3 is 9.47 Å². The molecule has 1 aliphatic heterocycles. The number of nitrogens with zero attached hydrogens (tertiary/aromatic N) is 5.